The predicted molar refractivity (Wildman–Crippen MR) is 110 cm³/mol. The number of rotatable bonds is 9. The van der Waals surface area contributed by atoms with Gasteiger partial charge in [0.1, 0.15) is 12.4 Å². The van der Waals surface area contributed by atoms with Gasteiger partial charge in [-0.15, -0.1) is 0 Å². The second-order valence-corrected chi connectivity index (χ2v) is 7.71. The van der Waals surface area contributed by atoms with E-state index in [4.69, 9.17) is 0 Å². The van der Waals surface area contributed by atoms with Gasteiger partial charge >= 0.3 is 12.3 Å². The summed E-state index contributed by atoms with van der Waals surface area (Å²) in [7, 11) is 0. The van der Waals surface area contributed by atoms with Crippen molar-refractivity contribution in [3.05, 3.63) is 81.7 Å². The molecule has 0 atom stereocenters. The van der Waals surface area contributed by atoms with E-state index < -0.39 is 24.9 Å². The van der Waals surface area contributed by atoms with Gasteiger partial charge in [0.2, 0.25) is 0 Å². The molecule has 1 amide bonds. The van der Waals surface area contributed by atoms with E-state index in [1.165, 1.54) is 36.4 Å². The van der Waals surface area contributed by atoms with Crippen LogP contribution in [0.4, 0.5) is 27.8 Å². The molecule has 0 spiro atoms. The number of benzene rings is 2. The highest BCUT2D eigenvalue weighted by Gasteiger charge is 2.40. The molecular weight excluding hydrogens is 501 g/mol. The zero-order valence-electron chi connectivity index (χ0n) is 16.4. The summed E-state index contributed by atoms with van der Waals surface area (Å²) in [6.45, 7) is -1.44. The van der Waals surface area contributed by atoms with Gasteiger partial charge in [-0.1, -0.05) is 24.3 Å². The maximum Gasteiger partial charge on any atom is 0.330 e. The molecule has 0 bridgehead atoms. The van der Waals surface area contributed by atoms with E-state index in [1.54, 1.807) is 23.0 Å². The molecular formula is C21H17BrF5N3O2. The van der Waals surface area contributed by atoms with E-state index in [2.05, 4.69) is 31.1 Å². The lowest BCUT2D eigenvalue weighted by atomic mass is 10.1. The van der Waals surface area contributed by atoms with Crippen LogP contribution in [0.3, 0.4) is 0 Å². The second kappa shape index (κ2) is 10.2. The molecule has 2 aromatic carbocycles. The van der Waals surface area contributed by atoms with Crippen LogP contribution >= 0.6 is 15.9 Å². The molecule has 1 aromatic heterocycles. The molecule has 0 fully saturated rings. The minimum Gasteiger partial charge on any atom is -0.370 e. The largest absolute Gasteiger partial charge is 0.370 e. The van der Waals surface area contributed by atoms with Crippen molar-refractivity contribution in [3.63, 3.8) is 0 Å². The van der Waals surface area contributed by atoms with Crippen molar-refractivity contribution in [2.75, 3.05) is 11.9 Å². The molecule has 1 heterocycles. The Hall–Kier alpha value is -2.79. The number of ether oxygens (including phenoxy) is 1. The van der Waals surface area contributed by atoms with Crippen LogP contribution in [0.1, 0.15) is 21.5 Å². The topological polar surface area (TPSA) is 56.2 Å². The summed E-state index contributed by atoms with van der Waals surface area (Å²) in [5.41, 5.74) is 1.37. The van der Waals surface area contributed by atoms with E-state index in [0.29, 0.717) is 16.6 Å². The summed E-state index contributed by atoms with van der Waals surface area (Å²) < 4.78 is 70.0. The lowest BCUT2D eigenvalue weighted by Crippen LogP contribution is -2.32. The van der Waals surface area contributed by atoms with Gasteiger partial charge in [-0.3, -0.25) is 9.48 Å². The van der Waals surface area contributed by atoms with Crippen LogP contribution in [0, 0.1) is 5.82 Å². The first-order chi connectivity index (χ1) is 15.1. The summed E-state index contributed by atoms with van der Waals surface area (Å²) in [6.07, 6.45) is -2.17. The van der Waals surface area contributed by atoms with E-state index in [9.17, 15) is 26.7 Å². The van der Waals surface area contributed by atoms with Crippen molar-refractivity contribution in [2.45, 2.75) is 25.5 Å². The van der Waals surface area contributed by atoms with Crippen LogP contribution in [-0.2, 0) is 17.9 Å². The Labute approximate surface area is 188 Å². The van der Waals surface area contributed by atoms with Gasteiger partial charge in [0, 0.05) is 11.8 Å². The number of amides is 1. The van der Waals surface area contributed by atoms with Crippen LogP contribution in [0.5, 0.6) is 0 Å². The summed E-state index contributed by atoms with van der Waals surface area (Å²) >= 11 is 3.31. The Balaban J connectivity index is 1.61. The zero-order valence-corrected chi connectivity index (χ0v) is 18.0. The standard InChI is InChI=1S/C21H17BrF5N3O2/c22-17-10-30(9-13-4-6-16(23)7-5-13)29-18(17)28-19(31)15-3-1-2-14(8-15)11-32-12-21(26,27)20(24)25/h1-8,10,20H,9,11-12H2,(H,28,29,31). The predicted octanol–water partition coefficient (Wildman–Crippen LogP) is 5.50. The lowest BCUT2D eigenvalue weighted by molar-refractivity contribution is -0.168. The highest BCUT2D eigenvalue weighted by atomic mass is 79.9. The van der Waals surface area contributed by atoms with Gasteiger partial charge in [-0.05, 0) is 51.3 Å². The first-order valence-corrected chi connectivity index (χ1v) is 10.0. The Morgan fingerprint density at radius 2 is 1.88 bits per heavy atom. The van der Waals surface area contributed by atoms with E-state index in [1.807, 2.05) is 0 Å². The van der Waals surface area contributed by atoms with Crippen LogP contribution in [0.15, 0.2) is 59.2 Å². The Morgan fingerprint density at radius 3 is 2.56 bits per heavy atom. The van der Waals surface area contributed by atoms with Gasteiger partial charge in [-0.2, -0.15) is 13.9 Å². The lowest BCUT2D eigenvalue weighted by Gasteiger charge is -2.15. The first-order valence-electron chi connectivity index (χ1n) is 9.25. The molecule has 11 heteroatoms. The summed E-state index contributed by atoms with van der Waals surface area (Å²) in [5.74, 6) is -4.86. The van der Waals surface area contributed by atoms with Crippen LogP contribution in [0.25, 0.3) is 0 Å². The molecule has 0 aliphatic heterocycles. The van der Waals surface area contributed by atoms with Gasteiger partial charge in [0.15, 0.2) is 5.82 Å². The van der Waals surface area contributed by atoms with Gasteiger partial charge in [-0.25, -0.2) is 13.2 Å². The van der Waals surface area contributed by atoms with E-state index in [-0.39, 0.29) is 23.8 Å². The van der Waals surface area contributed by atoms with Gasteiger partial charge in [0.05, 0.1) is 17.6 Å². The summed E-state index contributed by atoms with van der Waals surface area (Å²) in [6, 6.07) is 11.8. The van der Waals surface area contributed by atoms with Crippen LogP contribution < -0.4 is 5.32 Å². The Kier molecular flexibility index (Phi) is 7.62. The van der Waals surface area contributed by atoms with Crippen molar-refractivity contribution in [2.24, 2.45) is 0 Å². The highest BCUT2D eigenvalue weighted by molar-refractivity contribution is 9.10. The van der Waals surface area contributed by atoms with Crippen molar-refractivity contribution < 1.29 is 31.5 Å². The number of carbonyl (C=O) groups is 1. The summed E-state index contributed by atoms with van der Waals surface area (Å²) in [4.78, 5) is 12.6. The maximum atomic E-state index is 13.0. The van der Waals surface area contributed by atoms with Crippen LogP contribution in [-0.4, -0.2) is 34.6 Å². The molecule has 0 aliphatic rings. The maximum absolute atomic E-state index is 13.0. The molecule has 0 saturated carbocycles. The average Bonchev–Trinajstić information content (AvgIpc) is 3.08. The van der Waals surface area contributed by atoms with E-state index >= 15 is 0 Å². The van der Waals surface area contributed by atoms with Crippen molar-refractivity contribution in [1.29, 1.82) is 0 Å². The number of halogens is 6. The number of aromatic nitrogens is 2. The number of nitrogens with zero attached hydrogens (tertiary/aromatic N) is 2. The molecule has 0 unspecified atom stereocenters. The average molecular weight is 518 g/mol. The number of hydrogen-bond donors (Lipinski definition) is 1. The number of alkyl halides is 4. The van der Waals surface area contributed by atoms with Crippen molar-refractivity contribution in [3.8, 4) is 0 Å². The zero-order chi connectivity index (χ0) is 23.3. The van der Waals surface area contributed by atoms with Crippen molar-refractivity contribution >= 4 is 27.7 Å². The summed E-state index contributed by atoms with van der Waals surface area (Å²) in [5, 5.41) is 6.90. The third-order valence-corrected chi connectivity index (χ3v) is 4.86. The monoisotopic (exact) mass is 517 g/mol. The molecule has 5 nitrogen and oxygen atoms in total. The quantitative estimate of drug-likeness (QED) is 0.381. The van der Waals surface area contributed by atoms with Gasteiger partial charge in [0.25, 0.3) is 5.91 Å². The minimum absolute atomic E-state index is 0.201. The fourth-order valence-electron chi connectivity index (χ4n) is 2.69. The fourth-order valence-corrected chi connectivity index (χ4v) is 3.10. The molecule has 0 radical (unpaired) electrons. The Morgan fingerprint density at radius 1 is 1.16 bits per heavy atom. The highest BCUT2D eigenvalue weighted by Crippen LogP contribution is 2.24. The third kappa shape index (κ3) is 6.36. The number of carbonyl (C=O) groups excluding carboxylic acids is 1. The first kappa shape index (κ1) is 23.9. The normalized spacial score (nSPS) is 11.7. The number of anilines is 1. The third-order valence-electron chi connectivity index (χ3n) is 4.28. The SMILES string of the molecule is O=C(Nc1nn(Cc2ccc(F)cc2)cc1Br)c1cccc(COCC(F)(F)C(F)F)c1. The molecule has 1 N–H and O–H groups in total. The van der Waals surface area contributed by atoms with Gasteiger partial charge < -0.3 is 10.1 Å². The molecule has 170 valence electrons. The minimum atomic E-state index is -4.24. The Bertz CT molecular complexity index is 1070. The second-order valence-electron chi connectivity index (χ2n) is 6.86. The molecule has 3 rings (SSSR count). The molecule has 0 aliphatic carbocycles. The molecule has 3 aromatic rings. The number of hydrogen-bond acceptors (Lipinski definition) is 3. The molecule has 32 heavy (non-hydrogen) atoms. The fraction of sp³-hybridized carbons (Fsp3) is 0.238. The number of nitrogens with one attached hydrogen (secondary N) is 1. The molecule has 0 saturated heterocycles. The van der Waals surface area contributed by atoms with Crippen LogP contribution in [0.2, 0.25) is 0 Å². The van der Waals surface area contributed by atoms with E-state index in [0.717, 1.165) is 5.56 Å². The van der Waals surface area contributed by atoms with Crippen molar-refractivity contribution in [1.82, 2.24) is 9.78 Å². The smallest absolute Gasteiger partial charge is 0.330 e.